The van der Waals surface area contributed by atoms with Gasteiger partial charge < -0.3 is 15.1 Å². The highest BCUT2D eigenvalue weighted by Crippen LogP contribution is 2.25. The highest BCUT2D eigenvalue weighted by Gasteiger charge is 2.37. The maximum atomic E-state index is 12.4. The van der Waals surface area contributed by atoms with E-state index in [1.54, 1.807) is 12.1 Å². The van der Waals surface area contributed by atoms with Crippen LogP contribution in [0.1, 0.15) is 30.1 Å². The lowest BCUT2D eigenvalue weighted by atomic mass is 9.90. The van der Waals surface area contributed by atoms with E-state index in [1.165, 1.54) is 17.0 Å². The molecule has 1 fully saturated rings. The largest absolute Gasteiger partial charge is 0.508 e. The number of amides is 1. The maximum Gasteiger partial charge on any atom is 0.326 e. The van der Waals surface area contributed by atoms with Gasteiger partial charge in [0.25, 0.3) is 5.91 Å². The molecule has 0 bridgehead atoms. The molecule has 19 heavy (non-hydrogen) atoms. The Morgan fingerprint density at radius 3 is 2.74 bits per heavy atom. The van der Waals surface area contributed by atoms with Gasteiger partial charge in [0.2, 0.25) is 0 Å². The summed E-state index contributed by atoms with van der Waals surface area (Å²) in [5.74, 6) is -1.37. The van der Waals surface area contributed by atoms with E-state index in [0.29, 0.717) is 12.1 Å². The summed E-state index contributed by atoms with van der Waals surface area (Å²) < 4.78 is 0. The zero-order chi connectivity index (χ0) is 14.0. The third-order valence-electron chi connectivity index (χ3n) is 3.54. The van der Waals surface area contributed by atoms with Gasteiger partial charge in [-0.3, -0.25) is 4.79 Å². The van der Waals surface area contributed by atoms with Gasteiger partial charge >= 0.3 is 5.97 Å². The Labute approximate surface area is 111 Å². The summed E-state index contributed by atoms with van der Waals surface area (Å²) in [6, 6.07) is 5.21. The Hall–Kier alpha value is -2.04. The minimum Gasteiger partial charge on any atom is -0.508 e. The van der Waals surface area contributed by atoms with Crippen LogP contribution in [0.15, 0.2) is 24.3 Å². The van der Waals surface area contributed by atoms with Gasteiger partial charge in [0.05, 0.1) is 0 Å². The van der Waals surface area contributed by atoms with Crippen molar-refractivity contribution in [2.24, 2.45) is 5.92 Å². The van der Waals surface area contributed by atoms with E-state index in [-0.39, 0.29) is 17.6 Å². The molecule has 0 radical (unpaired) electrons. The maximum absolute atomic E-state index is 12.4. The number of hydrogen-bond acceptors (Lipinski definition) is 3. The Bertz CT molecular complexity index is 500. The van der Waals surface area contributed by atoms with Crippen LogP contribution in [-0.4, -0.2) is 39.6 Å². The van der Waals surface area contributed by atoms with Gasteiger partial charge in [-0.05, 0) is 37.0 Å². The number of carbonyl (C=O) groups is 2. The highest BCUT2D eigenvalue weighted by molar-refractivity contribution is 5.97. The fourth-order valence-corrected chi connectivity index (χ4v) is 2.60. The van der Waals surface area contributed by atoms with Crippen LogP contribution in [0.4, 0.5) is 0 Å². The lowest BCUT2D eigenvalue weighted by molar-refractivity contribution is -0.145. The van der Waals surface area contributed by atoms with Crippen LogP contribution < -0.4 is 0 Å². The van der Waals surface area contributed by atoms with Crippen LogP contribution in [-0.2, 0) is 4.79 Å². The average molecular weight is 263 g/mol. The van der Waals surface area contributed by atoms with Crippen molar-refractivity contribution in [2.75, 3.05) is 6.54 Å². The number of benzene rings is 1. The normalized spacial score (nSPS) is 23.1. The molecule has 1 saturated heterocycles. The van der Waals surface area contributed by atoms with E-state index in [0.717, 1.165) is 12.8 Å². The van der Waals surface area contributed by atoms with Crippen LogP contribution in [0.2, 0.25) is 0 Å². The number of phenols is 1. The number of nitrogens with zero attached hydrogens (tertiary/aromatic N) is 1. The Balaban J connectivity index is 2.28. The molecule has 1 heterocycles. The van der Waals surface area contributed by atoms with Crippen molar-refractivity contribution in [3.05, 3.63) is 29.8 Å². The van der Waals surface area contributed by atoms with Crippen molar-refractivity contribution < 1.29 is 19.8 Å². The number of aliphatic carboxylic acids is 1. The molecule has 1 aliphatic heterocycles. The fourth-order valence-electron chi connectivity index (χ4n) is 2.60. The van der Waals surface area contributed by atoms with Crippen molar-refractivity contribution in [3.8, 4) is 5.75 Å². The van der Waals surface area contributed by atoms with Crippen LogP contribution in [0.3, 0.4) is 0 Å². The SMILES string of the molecule is CC1CCCN(C(=O)c2cccc(O)c2)C1C(=O)O. The molecule has 1 amide bonds. The predicted octanol–water partition coefficient (Wildman–Crippen LogP) is 1.72. The molecule has 102 valence electrons. The summed E-state index contributed by atoms with van der Waals surface area (Å²) in [4.78, 5) is 25.1. The number of aromatic hydroxyl groups is 1. The second kappa shape index (κ2) is 5.30. The smallest absolute Gasteiger partial charge is 0.326 e. The number of rotatable bonds is 2. The number of carboxylic acid groups (broad SMARTS) is 1. The molecule has 0 aromatic heterocycles. The zero-order valence-corrected chi connectivity index (χ0v) is 10.7. The zero-order valence-electron chi connectivity index (χ0n) is 10.7. The monoisotopic (exact) mass is 263 g/mol. The third kappa shape index (κ3) is 2.70. The van der Waals surface area contributed by atoms with Crippen molar-refractivity contribution >= 4 is 11.9 Å². The predicted molar refractivity (Wildman–Crippen MR) is 69.0 cm³/mol. The van der Waals surface area contributed by atoms with E-state index in [2.05, 4.69) is 0 Å². The average Bonchev–Trinajstić information content (AvgIpc) is 2.37. The summed E-state index contributed by atoms with van der Waals surface area (Å²) >= 11 is 0. The molecule has 1 aromatic carbocycles. The van der Waals surface area contributed by atoms with Crippen molar-refractivity contribution in [1.82, 2.24) is 4.90 Å². The minimum atomic E-state index is -0.972. The fraction of sp³-hybridized carbons (Fsp3) is 0.429. The highest BCUT2D eigenvalue weighted by atomic mass is 16.4. The van der Waals surface area contributed by atoms with Crippen LogP contribution in [0.5, 0.6) is 5.75 Å². The van der Waals surface area contributed by atoms with Gasteiger partial charge in [-0.25, -0.2) is 4.79 Å². The molecular weight excluding hydrogens is 246 g/mol. The molecule has 2 unspecified atom stereocenters. The molecular formula is C14H17NO4. The molecule has 0 saturated carbocycles. The quantitative estimate of drug-likeness (QED) is 0.851. The summed E-state index contributed by atoms with van der Waals surface area (Å²) in [5.41, 5.74) is 0.320. The topological polar surface area (TPSA) is 77.8 Å². The van der Waals surface area contributed by atoms with Gasteiger partial charge in [-0.1, -0.05) is 13.0 Å². The van der Waals surface area contributed by atoms with Gasteiger partial charge in [-0.2, -0.15) is 0 Å². The molecule has 0 spiro atoms. The van der Waals surface area contributed by atoms with E-state index in [4.69, 9.17) is 0 Å². The van der Waals surface area contributed by atoms with E-state index in [9.17, 15) is 19.8 Å². The van der Waals surface area contributed by atoms with E-state index < -0.39 is 12.0 Å². The lowest BCUT2D eigenvalue weighted by Crippen LogP contribution is -2.51. The van der Waals surface area contributed by atoms with Gasteiger partial charge in [0.1, 0.15) is 11.8 Å². The first kappa shape index (κ1) is 13.4. The molecule has 2 N–H and O–H groups in total. The first-order chi connectivity index (χ1) is 9.00. The number of likely N-dealkylation sites (tertiary alicyclic amines) is 1. The molecule has 5 nitrogen and oxygen atoms in total. The summed E-state index contributed by atoms with van der Waals surface area (Å²) in [6.07, 6.45) is 1.61. The first-order valence-corrected chi connectivity index (χ1v) is 6.33. The molecule has 1 aliphatic rings. The molecule has 2 atom stereocenters. The number of phenolic OH excluding ortho intramolecular Hbond substituents is 1. The van der Waals surface area contributed by atoms with Crippen LogP contribution in [0, 0.1) is 5.92 Å². The number of hydrogen-bond donors (Lipinski definition) is 2. The van der Waals surface area contributed by atoms with Crippen molar-refractivity contribution in [3.63, 3.8) is 0 Å². The second-order valence-corrected chi connectivity index (χ2v) is 4.95. The molecule has 2 rings (SSSR count). The standard InChI is InChI=1S/C14H17NO4/c1-9-4-3-7-15(12(9)14(18)19)13(17)10-5-2-6-11(16)8-10/h2,5-6,8-9,12,16H,3-4,7H2,1H3,(H,18,19). The van der Waals surface area contributed by atoms with Gasteiger partial charge in [0.15, 0.2) is 0 Å². The number of carbonyl (C=O) groups excluding carboxylic acids is 1. The summed E-state index contributed by atoms with van der Waals surface area (Å²) in [7, 11) is 0. The first-order valence-electron chi connectivity index (χ1n) is 6.33. The van der Waals surface area contributed by atoms with Gasteiger partial charge in [0, 0.05) is 12.1 Å². The Kier molecular flexibility index (Phi) is 3.74. The lowest BCUT2D eigenvalue weighted by Gasteiger charge is -2.37. The summed E-state index contributed by atoms with van der Waals surface area (Å²) in [6.45, 7) is 2.29. The van der Waals surface area contributed by atoms with Gasteiger partial charge in [-0.15, -0.1) is 0 Å². The summed E-state index contributed by atoms with van der Waals surface area (Å²) in [5, 5.41) is 18.7. The number of piperidine rings is 1. The minimum absolute atomic E-state index is 0.00258. The number of carboxylic acids is 1. The van der Waals surface area contributed by atoms with Crippen molar-refractivity contribution in [1.29, 1.82) is 0 Å². The molecule has 0 aliphatic carbocycles. The van der Waals surface area contributed by atoms with E-state index >= 15 is 0 Å². The van der Waals surface area contributed by atoms with E-state index in [1.807, 2.05) is 6.92 Å². The Morgan fingerprint density at radius 2 is 2.11 bits per heavy atom. The van der Waals surface area contributed by atoms with Crippen LogP contribution >= 0.6 is 0 Å². The second-order valence-electron chi connectivity index (χ2n) is 4.95. The van der Waals surface area contributed by atoms with Crippen LogP contribution in [0.25, 0.3) is 0 Å². The Morgan fingerprint density at radius 1 is 1.37 bits per heavy atom. The third-order valence-corrected chi connectivity index (χ3v) is 3.54. The molecule has 5 heteroatoms. The molecule has 1 aromatic rings. The van der Waals surface area contributed by atoms with Crippen molar-refractivity contribution in [2.45, 2.75) is 25.8 Å².